The number of carbonyl (C=O) groups is 1. The van der Waals surface area contributed by atoms with E-state index in [-0.39, 0.29) is 6.61 Å². The van der Waals surface area contributed by atoms with Crippen molar-refractivity contribution in [3.63, 3.8) is 0 Å². The molecular formula is C12H12F3NO2. The van der Waals surface area contributed by atoms with Crippen LogP contribution in [0.15, 0.2) is 12.1 Å². The Bertz CT molecular complexity index is 455. The molecule has 6 heteroatoms. The molecule has 2 rings (SSSR count). The van der Waals surface area contributed by atoms with Gasteiger partial charge in [-0.15, -0.1) is 0 Å². The SMILES string of the molecule is O=C(c1c(F)cc(F)cc1F)N1CCC[C@H]1CO. The van der Waals surface area contributed by atoms with Gasteiger partial charge in [-0.1, -0.05) is 0 Å². The van der Waals surface area contributed by atoms with E-state index in [1.807, 2.05) is 0 Å². The topological polar surface area (TPSA) is 40.5 Å². The summed E-state index contributed by atoms with van der Waals surface area (Å²) < 4.78 is 39.7. The van der Waals surface area contributed by atoms with Crippen LogP contribution in [0.2, 0.25) is 0 Å². The fraction of sp³-hybridized carbons (Fsp3) is 0.417. The van der Waals surface area contributed by atoms with Gasteiger partial charge in [-0.05, 0) is 12.8 Å². The zero-order valence-corrected chi connectivity index (χ0v) is 9.50. The Morgan fingerprint density at radius 1 is 1.33 bits per heavy atom. The molecule has 1 saturated heterocycles. The van der Waals surface area contributed by atoms with Gasteiger partial charge in [0.05, 0.1) is 12.6 Å². The van der Waals surface area contributed by atoms with E-state index in [1.54, 1.807) is 0 Å². The number of amides is 1. The van der Waals surface area contributed by atoms with Crippen molar-refractivity contribution in [2.45, 2.75) is 18.9 Å². The molecule has 98 valence electrons. The quantitative estimate of drug-likeness (QED) is 0.878. The van der Waals surface area contributed by atoms with E-state index in [4.69, 9.17) is 5.11 Å². The Labute approximate surface area is 102 Å². The predicted octanol–water partition coefficient (Wildman–Crippen LogP) is 1.70. The molecule has 3 nitrogen and oxygen atoms in total. The lowest BCUT2D eigenvalue weighted by molar-refractivity contribution is 0.0667. The molecule has 1 aromatic carbocycles. The van der Waals surface area contributed by atoms with Crippen LogP contribution in [-0.2, 0) is 0 Å². The van der Waals surface area contributed by atoms with Crippen LogP contribution in [0.3, 0.4) is 0 Å². The summed E-state index contributed by atoms with van der Waals surface area (Å²) in [6.07, 6.45) is 1.26. The predicted molar refractivity (Wildman–Crippen MR) is 57.5 cm³/mol. The second kappa shape index (κ2) is 4.97. The molecule has 0 radical (unpaired) electrons. The Balaban J connectivity index is 2.34. The maximum Gasteiger partial charge on any atom is 0.260 e. The van der Waals surface area contributed by atoms with E-state index in [9.17, 15) is 18.0 Å². The summed E-state index contributed by atoms with van der Waals surface area (Å²) in [5.74, 6) is -4.36. The number of likely N-dealkylation sites (tertiary alicyclic amines) is 1. The highest BCUT2D eigenvalue weighted by Crippen LogP contribution is 2.23. The average Bonchev–Trinajstić information content (AvgIpc) is 2.75. The van der Waals surface area contributed by atoms with Crippen LogP contribution >= 0.6 is 0 Å². The third-order valence-electron chi connectivity index (χ3n) is 3.07. The maximum atomic E-state index is 13.5. The highest BCUT2D eigenvalue weighted by molar-refractivity contribution is 5.95. The summed E-state index contributed by atoms with van der Waals surface area (Å²) in [5.41, 5.74) is -0.767. The fourth-order valence-corrected chi connectivity index (χ4v) is 2.18. The second-order valence-electron chi connectivity index (χ2n) is 4.22. The van der Waals surface area contributed by atoms with Crippen molar-refractivity contribution in [3.8, 4) is 0 Å². The number of nitrogens with zero attached hydrogens (tertiary/aromatic N) is 1. The second-order valence-corrected chi connectivity index (χ2v) is 4.22. The highest BCUT2D eigenvalue weighted by atomic mass is 19.1. The number of rotatable bonds is 2. The summed E-state index contributed by atoms with van der Waals surface area (Å²) in [5, 5.41) is 9.07. The summed E-state index contributed by atoms with van der Waals surface area (Å²) in [6, 6.07) is 0.516. The standard InChI is InChI=1S/C12H12F3NO2/c13-7-4-9(14)11(10(15)5-7)12(18)16-3-1-2-8(16)6-17/h4-5,8,17H,1-3,6H2/t8-/m0/s1. The monoisotopic (exact) mass is 259 g/mol. The summed E-state index contributed by atoms with van der Waals surface area (Å²) >= 11 is 0. The molecule has 1 N–H and O–H groups in total. The molecule has 0 bridgehead atoms. The normalized spacial score (nSPS) is 19.3. The first-order chi connectivity index (χ1) is 8.54. The first-order valence-corrected chi connectivity index (χ1v) is 5.61. The largest absolute Gasteiger partial charge is 0.394 e. The third kappa shape index (κ3) is 2.20. The Morgan fingerprint density at radius 2 is 1.94 bits per heavy atom. The minimum Gasteiger partial charge on any atom is -0.394 e. The van der Waals surface area contributed by atoms with Gasteiger partial charge in [0.2, 0.25) is 0 Å². The molecule has 1 fully saturated rings. The Hall–Kier alpha value is -1.56. The number of hydrogen-bond donors (Lipinski definition) is 1. The van der Waals surface area contributed by atoms with Gasteiger partial charge in [0, 0.05) is 18.7 Å². The van der Waals surface area contributed by atoms with Crippen LogP contribution in [0.4, 0.5) is 13.2 Å². The van der Waals surface area contributed by atoms with Crippen molar-refractivity contribution in [2.24, 2.45) is 0 Å². The molecule has 1 aliphatic rings. The van der Waals surface area contributed by atoms with Crippen LogP contribution < -0.4 is 0 Å². The number of aliphatic hydroxyl groups excluding tert-OH is 1. The van der Waals surface area contributed by atoms with Gasteiger partial charge < -0.3 is 10.0 Å². The lowest BCUT2D eigenvalue weighted by atomic mass is 10.1. The minimum atomic E-state index is -1.22. The number of hydrogen-bond acceptors (Lipinski definition) is 2. The zero-order chi connectivity index (χ0) is 13.3. The smallest absolute Gasteiger partial charge is 0.260 e. The first kappa shape index (κ1) is 12.9. The zero-order valence-electron chi connectivity index (χ0n) is 9.50. The number of halogens is 3. The summed E-state index contributed by atoms with van der Waals surface area (Å²) in [7, 11) is 0. The molecule has 1 atom stereocenters. The molecular weight excluding hydrogens is 247 g/mol. The van der Waals surface area contributed by atoms with E-state index in [0.29, 0.717) is 31.5 Å². The van der Waals surface area contributed by atoms with Crippen LogP contribution in [0.25, 0.3) is 0 Å². The van der Waals surface area contributed by atoms with E-state index in [1.165, 1.54) is 4.90 Å². The average molecular weight is 259 g/mol. The van der Waals surface area contributed by atoms with E-state index in [0.717, 1.165) is 0 Å². The van der Waals surface area contributed by atoms with Gasteiger partial charge in [-0.3, -0.25) is 4.79 Å². The van der Waals surface area contributed by atoms with Crippen LogP contribution in [0.1, 0.15) is 23.2 Å². The molecule has 1 heterocycles. The molecule has 0 aromatic heterocycles. The Morgan fingerprint density at radius 3 is 2.50 bits per heavy atom. The van der Waals surface area contributed by atoms with Crippen molar-refractivity contribution in [1.29, 1.82) is 0 Å². The first-order valence-electron chi connectivity index (χ1n) is 5.61. The van der Waals surface area contributed by atoms with Crippen molar-refractivity contribution >= 4 is 5.91 Å². The third-order valence-corrected chi connectivity index (χ3v) is 3.07. The highest BCUT2D eigenvalue weighted by Gasteiger charge is 2.32. The van der Waals surface area contributed by atoms with Gasteiger partial charge in [0.1, 0.15) is 23.0 Å². The lowest BCUT2D eigenvalue weighted by Gasteiger charge is -2.23. The number of aliphatic hydroxyl groups is 1. The summed E-state index contributed by atoms with van der Waals surface area (Å²) in [4.78, 5) is 13.2. The van der Waals surface area contributed by atoms with Gasteiger partial charge in [0.25, 0.3) is 5.91 Å². The van der Waals surface area contributed by atoms with Gasteiger partial charge >= 0.3 is 0 Å². The van der Waals surface area contributed by atoms with E-state index in [2.05, 4.69) is 0 Å². The fourth-order valence-electron chi connectivity index (χ4n) is 2.18. The van der Waals surface area contributed by atoms with E-state index < -0.39 is 35.0 Å². The van der Waals surface area contributed by atoms with Crippen LogP contribution in [-0.4, -0.2) is 35.1 Å². The van der Waals surface area contributed by atoms with Crippen LogP contribution in [0, 0.1) is 17.5 Å². The van der Waals surface area contributed by atoms with Gasteiger partial charge in [-0.25, -0.2) is 13.2 Å². The molecule has 0 saturated carbocycles. The minimum absolute atomic E-state index is 0.254. The number of carbonyl (C=O) groups excluding carboxylic acids is 1. The maximum absolute atomic E-state index is 13.5. The molecule has 0 spiro atoms. The molecule has 1 amide bonds. The number of benzene rings is 1. The van der Waals surface area contributed by atoms with Crippen molar-refractivity contribution in [2.75, 3.05) is 13.2 Å². The van der Waals surface area contributed by atoms with E-state index >= 15 is 0 Å². The summed E-state index contributed by atoms with van der Waals surface area (Å²) in [6.45, 7) is 0.0799. The molecule has 18 heavy (non-hydrogen) atoms. The van der Waals surface area contributed by atoms with Crippen LogP contribution in [0.5, 0.6) is 0 Å². The van der Waals surface area contributed by atoms with Gasteiger partial charge in [-0.2, -0.15) is 0 Å². The molecule has 1 aliphatic heterocycles. The molecule has 0 aliphatic carbocycles. The van der Waals surface area contributed by atoms with Crippen molar-refractivity contribution < 1.29 is 23.1 Å². The lowest BCUT2D eigenvalue weighted by Crippen LogP contribution is -2.38. The van der Waals surface area contributed by atoms with Gasteiger partial charge in [0.15, 0.2) is 0 Å². The Kier molecular flexibility index (Phi) is 3.56. The molecule has 0 unspecified atom stereocenters. The van der Waals surface area contributed by atoms with Crippen molar-refractivity contribution in [1.82, 2.24) is 4.90 Å². The molecule has 1 aromatic rings. The van der Waals surface area contributed by atoms with Crippen molar-refractivity contribution in [3.05, 3.63) is 35.1 Å².